The molecule has 2 heterocycles. The fourth-order valence-electron chi connectivity index (χ4n) is 2.86. The molecule has 2 N–H and O–H groups in total. The minimum Gasteiger partial charge on any atom is -0.475 e. The Bertz CT molecular complexity index is 963. The van der Waals surface area contributed by atoms with Crippen LogP contribution in [0.2, 0.25) is 0 Å². The number of aromatic carboxylic acids is 1. The van der Waals surface area contributed by atoms with E-state index in [0.717, 1.165) is 16.4 Å². The number of para-hydroxylation sites is 1. The molecule has 1 aromatic carbocycles. The molecule has 1 aromatic heterocycles. The van der Waals surface area contributed by atoms with Crippen LogP contribution in [-0.4, -0.2) is 42.8 Å². The van der Waals surface area contributed by atoms with Crippen molar-refractivity contribution in [2.45, 2.75) is 17.9 Å². The number of amides is 1. The number of halogens is 1. The van der Waals surface area contributed by atoms with Crippen LogP contribution in [0.25, 0.3) is 0 Å². The number of hydrogen-bond acceptors (Lipinski definition) is 5. The number of sulfonamides is 1. The quantitative estimate of drug-likeness (QED) is 0.800. The Morgan fingerprint density at radius 1 is 1.15 bits per heavy atom. The van der Waals surface area contributed by atoms with Crippen LogP contribution in [0.4, 0.5) is 10.1 Å². The number of furan rings is 1. The largest absolute Gasteiger partial charge is 0.475 e. The molecule has 10 heteroatoms. The second kappa shape index (κ2) is 7.49. The van der Waals surface area contributed by atoms with Crippen LogP contribution >= 0.6 is 0 Å². The first-order valence-electron chi connectivity index (χ1n) is 8.17. The molecule has 2 aromatic rings. The maximum Gasteiger partial charge on any atom is 0.371 e. The van der Waals surface area contributed by atoms with Crippen LogP contribution in [0.1, 0.15) is 23.4 Å². The van der Waals surface area contributed by atoms with Crippen molar-refractivity contribution in [2.24, 2.45) is 5.92 Å². The molecule has 8 nitrogen and oxygen atoms in total. The third-order valence-electron chi connectivity index (χ3n) is 4.34. The Morgan fingerprint density at radius 2 is 1.81 bits per heavy atom. The zero-order valence-electron chi connectivity index (χ0n) is 14.1. The predicted octanol–water partition coefficient (Wildman–Crippen LogP) is 2.16. The molecule has 144 valence electrons. The highest BCUT2D eigenvalue weighted by Gasteiger charge is 2.34. The minimum absolute atomic E-state index is 0.0702. The molecule has 0 spiro atoms. The Labute approximate surface area is 154 Å². The third kappa shape index (κ3) is 4.01. The van der Waals surface area contributed by atoms with Crippen LogP contribution in [0.15, 0.2) is 45.9 Å². The summed E-state index contributed by atoms with van der Waals surface area (Å²) in [5, 5.41) is 10.9. The van der Waals surface area contributed by atoms with Crippen molar-refractivity contribution in [3.8, 4) is 0 Å². The topological polar surface area (TPSA) is 117 Å². The number of carboxylic acid groups (broad SMARTS) is 1. The van der Waals surface area contributed by atoms with E-state index in [9.17, 15) is 22.4 Å². The van der Waals surface area contributed by atoms with E-state index >= 15 is 0 Å². The van der Waals surface area contributed by atoms with Crippen molar-refractivity contribution in [3.63, 3.8) is 0 Å². The molecule has 1 fully saturated rings. The molecule has 1 amide bonds. The van der Waals surface area contributed by atoms with E-state index in [2.05, 4.69) is 5.32 Å². The van der Waals surface area contributed by atoms with E-state index < -0.39 is 38.6 Å². The molecule has 0 saturated carbocycles. The number of nitrogens with one attached hydrogen (secondary N) is 1. The van der Waals surface area contributed by atoms with Gasteiger partial charge in [-0.2, -0.15) is 4.31 Å². The molecule has 3 rings (SSSR count). The molecule has 0 aliphatic carbocycles. The summed E-state index contributed by atoms with van der Waals surface area (Å²) in [5.41, 5.74) is 0.0781. The fraction of sp³-hybridized carbons (Fsp3) is 0.294. The van der Waals surface area contributed by atoms with Gasteiger partial charge in [0.15, 0.2) is 0 Å². The summed E-state index contributed by atoms with van der Waals surface area (Å²) in [6.07, 6.45) is 0.512. The monoisotopic (exact) mass is 396 g/mol. The lowest BCUT2D eigenvalue weighted by molar-refractivity contribution is -0.120. The van der Waals surface area contributed by atoms with Gasteiger partial charge in [0.2, 0.25) is 16.8 Å². The lowest BCUT2D eigenvalue weighted by atomic mass is 9.97. The zero-order valence-corrected chi connectivity index (χ0v) is 14.9. The summed E-state index contributed by atoms with van der Waals surface area (Å²) in [6, 6.07) is 7.96. The Kier molecular flexibility index (Phi) is 5.29. The molecule has 1 saturated heterocycles. The summed E-state index contributed by atoms with van der Waals surface area (Å²) in [4.78, 5) is 23.1. The molecule has 27 heavy (non-hydrogen) atoms. The number of carboxylic acids is 1. The third-order valence-corrected chi connectivity index (χ3v) is 6.12. The van der Waals surface area contributed by atoms with Gasteiger partial charge in [0.1, 0.15) is 5.82 Å². The second-order valence-electron chi connectivity index (χ2n) is 6.07. The predicted molar refractivity (Wildman–Crippen MR) is 92.2 cm³/mol. The van der Waals surface area contributed by atoms with E-state index in [4.69, 9.17) is 9.52 Å². The van der Waals surface area contributed by atoms with E-state index in [1.54, 1.807) is 6.07 Å². The average Bonchev–Trinajstić information content (AvgIpc) is 3.15. The average molecular weight is 396 g/mol. The van der Waals surface area contributed by atoms with E-state index in [-0.39, 0.29) is 37.5 Å². The highest BCUT2D eigenvalue weighted by molar-refractivity contribution is 7.89. The van der Waals surface area contributed by atoms with Crippen LogP contribution in [0.5, 0.6) is 0 Å². The SMILES string of the molecule is O=C(O)c1ccc(S(=O)(=O)N2CCC(C(=O)Nc3ccccc3F)CC2)o1. The first kappa shape index (κ1) is 19.1. The van der Waals surface area contributed by atoms with Gasteiger partial charge in [-0.1, -0.05) is 12.1 Å². The van der Waals surface area contributed by atoms with Gasteiger partial charge < -0.3 is 14.8 Å². The lowest BCUT2D eigenvalue weighted by Crippen LogP contribution is -2.41. The highest BCUT2D eigenvalue weighted by atomic mass is 32.2. The van der Waals surface area contributed by atoms with Gasteiger partial charge in [-0.25, -0.2) is 17.6 Å². The number of rotatable bonds is 5. The zero-order chi connectivity index (χ0) is 19.6. The van der Waals surface area contributed by atoms with Crippen molar-refractivity contribution in [1.29, 1.82) is 0 Å². The van der Waals surface area contributed by atoms with Gasteiger partial charge in [-0.15, -0.1) is 0 Å². The first-order valence-corrected chi connectivity index (χ1v) is 9.61. The number of benzene rings is 1. The number of nitrogens with zero attached hydrogens (tertiary/aromatic N) is 1. The second-order valence-corrected chi connectivity index (χ2v) is 7.94. The molecular formula is C17H17FN2O6S. The van der Waals surface area contributed by atoms with Crippen molar-refractivity contribution in [2.75, 3.05) is 18.4 Å². The summed E-state index contributed by atoms with van der Waals surface area (Å²) >= 11 is 0. The van der Waals surface area contributed by atoms with Gasteiger partial charge in [0, 0.05) is 19.0 Å². The number of anilines is 1. The van der Waals surface area contributed by atoms with Crippen LogP contribution in [0.3, 0.4) is 0 Å². The van der Waals surface area contributed by atoms with Crippen molar-refractivity contribution >= 4 is 27.6 Å². The molecule has 0 radical (unpaired) electrons. The van der Waals surface area contributed by atoms with Crippen LogP contribution in [-0.2, 0) is 14.8 Å². The van der Waals surface area contributed by atoms with Gasteiger partial charge >= 0.3 is 5.97 Å². The molecule has 0 bridgehead atoms. The van der Waals surface area contributed by atoms with E-state index in [1.165, 1.54) is 18.2 Å². The smallest absolute Gasteiger partial charge is 0.371 e. The normalized spacial score (nSPS) is 16.2. The summed E-state index contributed by atoms with van der Waals surface area (Å²) < 4.78 is 44.7. The Hall–Kier alpha value is -2.72. The van der Waals surface area contributed by atoms with Gasteiger partial charge in [-0.05, 0) is 37.1 Å². The first-order chi connectivity index (χ1) is 12.8. The van der Waals surface area contributed by atoms with Crippen molar-refractivity contribution < 1.29 is 31.9 Å². The fourth-order valence-corrected chi connectivity index (χ4v) is 4.24. The van der Waals surface area contributed by atoms with Gasteiger partial charge in [0.25, 0.3) is 10.0 Å². The molecular weight excluding hydrogens is 379 g/mol. The standard InChI is InChI=1S/C17H17FN2O6S/c18-12-3-1-2-4-13(12)19-16(21)11-7-9-20(10-8-11)27(24,25)15-6-5-14(26-15)17(22)23/h1-6,11H,7-10H2,(H,19,21)(H,22,23). The summed E-state index contributed by atoms with van der Waals surface area (Å²) in [7, 11) is -3.98. The Balaban J connectivity index is 1.63. The van der Waals surface area contributed by atoms with E-state index in [1.807, 2.05) is 0 Å². The summed E-state index contributed by atoms with van der Waals surface area (Å²) in [6.45, 7) is 0.140. The molecule has 0 atom stereocenters. The number of hydrogen-bond donors (Lipinski definition) is 2. The maximum atomic E-state index is 13.6. The maximum absolute atomic E-state index is 13.6. The van der Waals surface area contributed by atoms with Gasteiger partial charge in [-0.3, -0.25) is 4.79 Å². The van der Waals surface area contributed by atoms with Crippen molar-refractivity contribution in [3.05, 3.63) is 48.0 Å². The summed E-state index contributed by atoms with van der Waals surface area (Å²) in [5.74, 6) is -3.20. The number of carbonyl (C=O) groups excluding carboxylic acids is 1. The molecule has 1 aliphatic rings. The van der Waals surface area contributed by atoms with Crippen molar-refractivity contribution in [1.82, 2.24) is 4.31 Å². The van der Waals surface area contributed by atoms with Gasteiger partial charge in [0.05, 0.1) is 5.69 Å². The minimum atomic E-state index is -3.98. The number of piperidine rings is 1. The van der Waals surface area contributed by atoms with Crippen LogP contribution in [0, 0.1) is 11.7 Å². The lowest BCUT2D eigenvalue weighted by Gasteiger charge is -2.29. The highest BCUT2D eigenvalue weighted by Crippen LogP contribution is 2.26. The molecule has 0 unspecified atom stereocenters. The Morgan fingerprint density at radius 3 is 2.41 bits per heavy atom. The van der Waals surface area contributed by atoms with E-state index in [0.29, 0.717) is 0 Å². The van der Waals surface area contributed by atoms with Crippen LogP contribution < -0.4 is 5.32 Å². The number of carbonyl (C=O) groups is 2. The molecule has 1 aliphatic heterocycles.